The second-order valence-electron chi connectivity index (χ2n) is 11.2. The summed E-state index contributed by atoms with van der Waals surface area (Å²) in [4.78, 5) is 30.0. The van der Waals surface area contributed by atoms with Crippen LogP contribution in [0.1, 0.15) is 66.2 Å². The Balaban J connectivity index is 1.56. The Hall–Kier alpha value is -5.15. The Labute approximate surface area is 278 Å². The van der Waals surface area contributed by atoms with Crippen molar-refractivity contribution >= 4 is 34.7 Å². The summed E-state index contributed by atoms with van der Waals surface area (Å²) in [6.07, 6.45) is 1.54. The molecule has 5 rings (SSSR count). The zero-order valence-electron chi connectivity index (χ0n) is 26.9. The molecule has 0 spiro atoms. The molecule has 47 heavy (non-hydrogen) atoms. The average molecular weight is 654 g/mol. The summed E-state index contributed by atoms with van der Waals surface area (Å²) >= 11 is 6.69. The van der Waals surface area contributed by atoms with Gasteiger partial charge in [-0.05, 0) is 97.5 Å². The molecule has 0 aliphatic heterocycles. The summed E-state index contributed by atoms with van der Waals surface area (Å²) in [5.74, 6) is 1.11. The SMILES string of the molecule is CCOc1cc(C)c(-c2nc3ccccc3c(=O)n2N=Cc2cc(Cl)c(OCc3ccc(C(=O)O)cc3)c(OCC)c2)cc1C(C)C. The summed E-state index contributed by atoms with van der Waals surface area (Å²) in [6, 6.07) is 21.0. The summed E-state index contributed by atoms with van der Waals surface area (Å²) in [7, 11) is 0. The molecular formula is C37H36ClN3O6. The average Bonchev–Trinajstić information content (AvgIpc) is 3.04. The van der Waals surface area contributed by atoms with E-state index in [1.807, 2.05) is 45.0 Å². The molecule has 0 unspecified atom stereocenters. The van der Waals surface area contributed by atoms with Crippen molar-refractivity contribution in [3.8, 4) is 28.6 Å². The van der Waals surface area contributed by atoms with Crippen LogP contribution in [0.25, 0.3) is 22.3 Å². The van der Waals surface area contributed by atoms with Crippen molar-refractivity contribution in [1.82, 2.24) is 9.66 Å². The van der Waals surface area contributed by atoms with E-state index in [1.54, 1.807) is 36.4 Å². The van der Waals surface area contributed by atoms with E-state index in [1.165, 1.54) is 23.0 Å². The van der Waals surface area contributed by atoms with Gasteiger partial charge in [-0.1, -0.05) is 49.7 Å². The fourth-order valence-corrected chi connectivity index (χ4v) is 5.44. The summed E-state index contributed by atoms with van der Waals surface area (Å²) in [5.41, 5.74) is 4.45. The van der Waals surface area contributed by atoms with E-state index in [0.717, 1.165) is 28.0 Å². The molecule has 1 aromatic heterocycles. The molecule has 242 valence electrons. The molecule has 9 nitrogen and oxygen atoms in total. The number of para-hydroxylation sites is 1. The molecule has 0 aliphatic rings. The molecule has 1 heterocycles. The van der Waals surface area contributed by atoms with Gasteiger partial charge in [0.05, 0.1) is 40.9 Å². The Kier molecular flexibility index (Phi) is 10.3. The van der Waals surface area contributed by atoms with E-state index < -0.39 is 5.97 Å². The number of nitrogens with zero attached hydrogens (tertiary/aromatic N) is 3. The van der Waals surface area contributed by atoms with Gasteiger partial charge in [0.15, 0.2) is 17.3 Å². The molecule has 0 radical (unpaired) electrons. The third-order valence-electron chi connectivity index (χ3n) is 7.51. The second-order valence-corrected chi connectivity index (χ2v) is 11.6. The van der Waals surface area contributed by atoms with Crippen molar-refractivity contribution < 1.29 is 24.1 Å². The van der Waals surface area contributed by atoms with E-state index in [-0.39, 0.29) is 28.7 Å². The number of halogens is 1. The first-order chi connectivity index (χ1) is 22.6. The van der Waals surface area contributed by atoms with E-state index >= 15 is 0 Å². The Morgan fingerprint density at radius 2 is 1.68 bits per heavy atom. The van der Waals surface area contributed by atoms with Gasteiger partial charge in [0.2, 0.25) is 0 Å². The third-order valence-corrected chi connectivity index (χ3v) is 7.79. The number of aryl methyl sites for hydroxylation is 1. The fraction of sp³-hybridized carbons (Fsp3) is 0.243. The third kappa shape index (κ3) is 7.31. The van der Waals surface area contributed by atoms with Gasteiger partial charge < -0.3 is 19.3 Å². The highest BCUT2D eigenvalue weighted by Crippen LogP contribution is 2.37. The highest BCUT2D eigenvalue weighted by Gasteiger charge is 2.19. The standard InChI is InChI=1S/C37H36ClN3O6/c1-6-45-32-16-23(5)29(19-28(32)22(3)4)35-40-31-11-9-8-10-27(31)36(42)41(35)39-20-25-17-30(38)34(33(18-25)46-7-2)47-21-24-12-14-26(15-13-24)37(43)44/h8-20,22H,6-7,21H2,1-5H3,(H,43,44). The van der Waals surface area contributed by atoms with Crippen LogP contribution in [0.4, 0.5) is 0 Å². The number of carbonyl (C=O) groups is 1. The zero-order chi connectivity index (χ0) is 33.7. The van der Waals surface area contributed by atoms with Gasteiger partial charge in [0, 0.05) is 5.56 Å². The van der Waals surface area contributed by atoms with Crippen molar-refractivity contribution in [3.63, 3.8) is 0 Å². The van der Waals surface area contributed by atoms with E-state index in [0.29, 0.717) is 47.0 Å². The fourth-order valence-electron chi connectivity index (χ4n) is 5.16. The van der Waals surface area contributed by atoms with Gasteiger partial charge in [-0.15, -0.1) is 0 Å². The first kappa shape index (κ1) is 33.2. The van der Waals surface area contributed by atoms with Crippen LogP contribution in [0.5, 0.6) is 17.2 Å². The minimum Gasteiger partial charge on any atom is -0.494 e. The van der Waals surface area contributed by atoms with Crippen LogP contribution in [0.3, 0.4) is 0 Å². The number of aromatic nitrogens is 2. The highest BCUT2D eigenvalue weighted by atomic mass is 35.5. The first-order valence-electron chi connectivity index (χ1n) is 15.4. The van der Waals surface area contributed by atoms with Gasteiger partial charge in [0.1, 0.15) is 12.4 Å². The molecule has 10 heteroatoms. The van der Waals surface area contributed by atoms with Crippen LogP contribution >= 0.6 is 11.6 Å². The number of hydrogen-bond acceptors (Lipinski definition) is 7. The maximum atomic E-state index is 13.9. The maximum Gasteiger partial charge on any atom is 0.335 e. The monoisotopic (exact) mass is 653 g/mol. The van der Waals surface area contributed by atoms with Crippen LogP contribution in [0, 0.1) is 6.92 Å². The molecule has 0 saturated carbocycles. The Morgan fingerprint density at radius 3 is 2.36 bits per heavy atom. The quantitative estimate of drug-likeness (QED) is 0.135. The lowest BCUT2D eigenvalue weighted by atomic mass is 9.96. The largest absolute Gasteiger partial charge is 0.494 e. The van der Waals surface area contributed by atoms with Crippen LogP contribution < -0.4 is 19.8 Å². The number of carboxylic acid groups (broad SMARTS) is 1. The number of aromatic carboxylic acids is 1. The Bertz CT molecular complexity index is 2020. The minimum absolute atomic E-state index is 0.147. The van der Waals surface area contributed by atoms with Gasteiger partial charge in [-0.25, -0.2) is 9.78 Å². The Morgan fingerprint density at radius 1 is 0.979 bits per heavy atom. The number of hydrogen-bond donors (Lipinski definition) is 1. The van der Waals surface area contributed by atoms with E-state index in [2.05, 4.69) is 18.9 Å². The van der Waals surface area contributed by atoms with E-state index in [9.17, 15) is 9.59 Å². The van der Waals surface area contributed by atoms with Crippen molar-refractivity contribution in [2.75, 3.05) is 13.2 Å². The van der Waals surface area contributed by atoms with Crippen LogP contribution in [0.2, 0.25) is 5.02 Å². The lowest BCUT2D eigenvalue weighted by Gasteiger charge is -2.18. The molecule has 4 aromatic carbocycles. The first-order valence-corrected chi connectivity index (χ1v) is 15.7. The highest BCUT2D eigenvalue weighted by molar-refractivity contribution is 6.32. The summed E-state index contributed by atoms with van der Waals surface area (Å²) in [5, 5.41) is 14.5. The van der Waals surface area contributed by atoms with Gasteiger partial charge in [-0.3, -0.25) is 4.79 Å². The molecule has 5 aromatic rings. The lowest BCUT2D eigenvalue weighted by molar-refractivity contribution is 0.0697. The molecule has 0 aliphatic carbocycles. The number of carboxylic acids is 1. The molecule has 0 saturated heterocycles. The molecule has 0 bridgehead atoms. The van der Waals surface area contributed by atoms with Crippen molar-refractivity contribution in [1.29, 1.82) is 0 Å². The van der Waals surface area contributed by atoms with Crippen molar-refractivity contribution in [2.24, 2.45) is 5.10 Å². The predicted octanol–water partition coefficient (Wildman–Crippen LogP) is 8.11. The second kappa shape index (κ2) is 14.5. The van der Waals surface area contributed by atoms with Gasteiger partial charge in [-0.2, -0.15) is 9.78 Å². The summed E-state index contributed by atoms with van der Waals surface area (Å²) < 4.78 is 19.1. The number of rotatable bonds is 12. The molecular weight excluding hydrogens is 618 g/mol. The van der Waals surface area contributed by atoms with Gasteiger partial charge >= 0.3 is 5.97 Å². The smallest absolute Gasteiger partial charge is 0.335 e. The number of fused-ring (bicyclic) bond motifs is 1. The molecule has 0 atom stereocenters. The van der Waals surface area contributed by atoms with Crippen LogP contribution in [-0.2, 0) is 6.61 Å². The topological polar surface area (TPSA) is 112 Å². The van der Waals surface area contributed by atoms with Gasteiger partial charge in [0.25, 0.3) is 5.56 Å². The minimum atomic E-state index is -1.000. The normalized spacial score (nSPS) is 11.4. The van der Waals surface area contributed by atoms with Crippen molar-refractivity contribution in [3.05, 3.63) is 116 Å². The molecule has 1 N–H and O–H groups in total. The zero-order valence-corrected chi connectivity index (χ0v) is 27.7. The van der Waals surface area contributed by atoms with E-state index in [4.69, 9.17) is 35.9 Å². The molecule has 0 amide bonds. The number of ether oxygens (including phenoxy) is 3. The molecule has 0 fully saturated rings. The van der Waals surface area contributed by atoms with Crippen molar-refractivity contribution in [2.45, 2.75) is 47.1 Å². The lowest BCUT2D eigenvalue weighted by Crippen LogP contribution is -2.21. The summed E-state index contributed by atoms with van der Waals surface area (Å²) in [6.45, 7) is 11.0. The number of benzene rings is 4. The van der Waals surface area contributed by atoms with Crippen LogP contribution in [-0.4, -0.2) is 40.2 Å². The van der Waals surface area contributed by atoms with Crippen LogP contribution in [0.15, 0.2) is 82.7 Å². The predicted molar refractivity (Wildman–Crippen MR) is 185 cm³/mol. The maximum absolute atomic E-state index is 13.9.